The summed E-state index contributed by atoms with van der Waals surface area (Å²) >= 11 is 0. The summed E-state index contributed by atoms with van der Waals surface area (Å²) in [5.41, 5.74) is 2.60. The molecule has 3 aromatic rings. The molecule has 1 saturated heterocycles. The SMILES string of the molecule is O=S(=O)(C1CC1)C1(c2cc(N3CCOCC3)nc(-c3cccc4[nH]ccc34)n2)CC1. The van der Waals surface area contributed by atoms with E-state index in [1.807, 2.05) is 36.5 Å². The van der Waals surface area contributed by atoms with E-state index >= 15 is 0 Å². The molecule has 0 radical (unpaired) electrons. The zero-order chi connectivity index (χ0) is 20.3. The molecule has 3 aliphatic rings. The van der Waals surface area contributed by atoms with E-state index in [4.69, 9.17) is 14.7 Å². The molecule has 3 fully saturated rings. The van der Waals surface area contributed by atoms with E-state index in [1.165, 1.54) is 0 Å². The number of sulfone groups is 1. The Morgan fingerprint density at radius 3 is 2.63 bits per heavy atom. The van der Waals surface area contributed by atoms with Crippen molar-refractivity contribution in [2.45, 2.75) is 35.7 Å². The molecule has 6 rings (SSSR count). The van der Waals surface area contributed by atoms with E-state index in [2.05, 4.69) is 9.88 Å². The lowest BCUT2D eigenvalue weighted by atomic mass is 10.1. The lowest BCUT2D eigenvalue weighted by molar-refractivity contribution is 0.122. The first-order chi connectivity index (χ1) is 14.6. The van der Waals surface area contributed by atoms with E-state index in [9.17, 15) is 8.42 Å². The second kappa shape index (κ2) is 6.52. The number of fused-ring (bicyclic) bond motifs is 1. The molecule has 0 unspecified atom stereocenters. The van der Waals surface area contributed by atoms with Crippen LogP contribution in [0.2, 0.25) is 0 Å². The largest absolute Gasteiger partial charge is 0.378 e. The third-order valence-corrected chi connectivity index (χ3v) is 9.62. The number of morpholine rings is 1. The van der Waals surface area contributed by atoms with Crippen LogP contribution in [0.25, 0.3) is 22.3 Å². The van der Waals surface area contributed by atoms with Crippen LogP contribution >= 0.6 is 0 Å². The number of rotatable bonds is 5. The molecule has 0 spiro atoms. The predicted molar refractivity (Wildman–Crippen MR) is 115 cm³/mol. The highest BCUT2D eigenvalue weighted by Crippen LogP contribution is 2.57. The minimum Gasteiger partial charge on any atom is -0.378 e. The van der Waals surface area contributed by atoms with Gasteiger partial charge in [-0.2, -0.15) is 0 Å². The Balaban J connectivity index is 1.53. The summed E-state index contributed by atoms with van der Waals surface area (Å²) in [6.07, 6.45) is 4.77. The molecule has 1 N–H and O–H groups in total. The van der Waals surface area contributed by atoms with Crippen molar-refractivity contribution in [3.63, 3.8) is 0 Å². The smallest absolute Gasteiger partial charge is 0.164 e. The zero-order valence-electron chi connectivity index (χ0n) is 16.7. The van der Waals surface area contributed by atoms with Crippen LogP contribution in [0.1, 0.15) is 31.4 Å². The zero-order valence-corrected chi connectivity index (χ0v) is 17.5. The van der Waals surface area contributed by atoms with E-state index in [1.54, 1.807) is 0 Å². The fraction of sp³-hybridized carbons (Fsp3) is 0.455. The van der Waals surface area contributed by atoms with E-state index in [0.29, 0.717) is 37.6 Å². The highest BCUT2D eigenvalue weighted by atomic mass is 32.2. The highest BCUT2D eigenvalue weighted by Gasteiger charge is 2.61. The first-order valence-corrected chi connectivity index (χ1v) is 12.2. The maximum Gasteiger partial charge on any atom is 0.164 e. The standard InChI is InChI=1S/C22H24N4O3S/c27-30(28,15-4-5-15)22(7-8-22)19-14-20(26-10-12-29-13-11-26)25-21(24-19)17-2-1-3-18-16(17)6-9-23-18/h1-3,6,9,14-15,23H,4-5,7-8,10-13H2. The van der Waals surface area contributed by atoms with Crippen LogP contribution < -0.4 is 4.90 Å². The number of aromatic nitrogens is 3. The van der Waals surface area contributed by atoms with E-state index < -0.39 is 14.6 Å². The van der Waals surface area contributed by atoms with Crippen molar-refractivity contribution in [2.24, 2.45) is 0 Å². The van der Waals surface area contributed by atoms with Gasteiger partial charge in [0.25, 0.3) is 0 Å². The maximum atomic E-state index is 13.3. The third-order valence-electron chi connectivity index (χ3n) is 6.56. The van der Waals surface area contributed by atoms with E-state index in [0.717, 1.165) is 48.2 Å². The Labute approximate surface area is 175 Å². The summed E-state index contributed by atoms with van der Waals surface area (Å²) in [6.45, 7) is 2.78. The number of anilines is 1. The molecule has 0 bridgehead atoms. The van der Waals surface area contributed by atoms with Crippen molar-refractivity contribution in [3.05, 3.63) is 42.2 Å². The lowest BCUT2D eigenvalue weighted by Crippen LogP contribution is -2.37. The number of hydrogen-bond acceptors (Lipinski definition) is 6. The molecule has 2 aliphatic carbocycles. The van der Waals surface area contributed by atoms with Gasteiger partial charge in [-0.1, -0.05) is 12.1 Å². The maximum absolute atomic E-state index is 13.3. The van der Waals surface area contributed by atoms with Gasteiger partial charge in [0, 0.05) is 41.8 Å². The summed E-state index contributed by atoms with van der Waals surface area (Å²) in [7, 11) is -3.23. The van der Waals surface area contributed by atoms with Crippen LogP contribution in [0.3, 0.4) is 0 Å². The molecule has 156 valence electrons. The summed E-state index contributed by atoms with van der Waals surface area (Å²) in [4.78, 5) is 15.2. The van der Waals surface area contributed by atoms with Gasteiger partial charge in [0.05, 0.1) is 24.2 Å². The number of nitrogens with zero attached hydrogens (tertiary/aromatic N) is 3. The normalized spacial score (nSPS) is 21.1. The van der Waals surface area contributed by atoms with Crippen molar-refractivity contribution in [2.75, 3.05) is 31.2 Å². The average molecular weight is 425 g/mol. The van der Waals surface area contributed by atoms with Gasteiger partial charge in [0.15, 0.2) is 15.7 Å². The lowest BCUT2D eigenvalue weighted by Gasteiger charge is -2.29. The average Bonchev–Trinajstić information content (AvgIpc) is 3.70. The van der Waals surface area contributed by atoms with Gasteiger partial charge >= 0.3 is 0 Å². The van der Waals surface area contributed by atoms with Crippen molar-refractivity contribution in [1.82, 2.24) is 15.0 Å². The van der Waals surface area contributed by atoms with Crippen LogP contribution in [-0.2, 0) is 19.3 Å². The molecule has 0 atom stereocenters. The summed E-state index contributed by atoms with van der Waals surface area (Å²) in [5, 5.41) is 0.843. The number of aromatic amines is 1. The minimum absolute atomic E-state index is 0.196. The second-order valence-corrected chi connectivity index (χ2v) is 11.1. The molecule has 3 heterocycles. The van der Waals surface area contributed by atoms with Crippen molar-refractivity contribution < 1.29 is 13.2 Å². The summed E-state index contributed by atoms with van der Waals surface area (Å²) in [6, 6.07) is 9.94. The number of ether oxygens (including phenoxy) is 1. The minimum atomic E-state index is -3.23. The number of H-pyrrole nitrogens is 1. The van der Waals surface area contributed by atoms with Crippen LogP contribution in [0, 0.1) is 0 Å². The highest BCUT2D eigenvalue weighted by molar-refractivity contribution is 7.93. The molecule has 30 heavy (non-hydrogen) atoms. The van der Waals surface area contributed by atoms with Crippen LogP contribution in [0.5, 0.6) is 0 Å². The molecule has 2 aromatic heterocycles. The van der Waals surface area contributed by atoms with Crippen LogP contribution in [0.15, 0.2) is 36.5 Å². The third kappa shape index (κ3) is 2.77. The molecular weight excluding hydrogens is 400 g/mol. The fourth-order valence-electron chi connectivity index (χ4n) is 4.52. The predicted octanol–water partition coefficient (Wildman–Crippen LogP) is 3.03. The van der Waals surface area contributed by atoms with Crippen molar-refractivity contribution in [3.8, 4) is 11.4 Å². The number of nitrogens with one attached hydrogen (secondary N) is 1. The Bertz CT molecular complexity index is 1220. The molecule has 7 nitrogen and oxygen atoms in total. The summed E-state index contributed by atoms with van der Waals surface area (Å²) in [5.74, 6) is 1.39. The Morgan fingerprint density at radius 1 is 1.10 bits per heavy atom. The van der Waals surface area contributed by atoms with Crippen LogP contribution in [-0.4, -0.2) is 54.9 Å². The van der Waals surface area contributed by atoms with Gasteiger partial charge in [0.1, 0.15) is 10.6 Å². The molecule has 1 aromatic carbocycles. The Hall–Kier alpha value is -2.45. The van der Waals surface area contributed by atoms with Gasteiger partial charge in [-0.25, -0.2) is 18.4 Å². The Morgan fingerprint density at radius 2 is 1.90 bits per heavy atom. The van der Waals surface area contributed by atoms with Crippen molar-refractivity contribution in [1.29, 1.82) is 0 Å². The molecule has 0 amide bonds. The number of hydrogen-bond donors (Lipinski definition) is 1. The monoisotopic (exact) mass is 424 g/mol. The van der Waals surface area contributed by atoms with Crippen LogP contribution in [0.4, 0.5) is 5.82 Å². The molecular formula is C22H24N4O3S. The first kappa shape index (κ1) is 18.3. The second-order valence-electron chi connectivity index (χ2n) is 8.52. The fourth-order valence-corrected chi connectivity index (χ4v) is 6.98. The summed E-state index contributed by atoms with van der Waals surface area (Å²) < 4.78 is 31.2. The Kier molecular flexibility index (Phi) is 3.98. The van der Waals surface area contributed by atoms with Gasteiger partial charge < -0.3 is 14.6 Å². The van der Waals surface area contributed by atoms with Gasteiger partial charge in [-0.05, 0) is 37.8 Å². The van der Waals surface area contributed by atoms with Gasteiger partial charge in [-0.3, -0.25) is 0 Å². The molecule has 8 heteroatoms. The van der Waals surface area contributed by atoms with Gasteiger partial charge in [0.2, 0.25) is 0 Å². The first-order valence-electron chi connectivity index (χ1n) is 10.6. The van der Waals surface area contributed by atoms with E-state index in [-0.39, 0.29) is 5.25 Å². The number of benzene rings is 1. The van der Waals surface area contributed by atoms with Crippen molar-refractivity contribution >= 4 is 26.6 Å². The van der Waals surface area contributed by atoms with Gasteiger partial charge in [-0.15, -0.1) is 0 Å². The molecule has 2 saturated carbocycles. The molecule has 1 aliphatic heterocycles. The topological polar surface area (TPSA) is 88.2 Å². The quantitative estimate of drug-likeness (QED) is 0.677.